The molecule has 1 aliphatic carbocycles. The molecule has 1 amide bonds. The van der Waals surface area contributed by atoms with Gasteiger partial charge in [0.05, 0.1) is 6.07 Å². The first-order chi connectivity index (χ1) is 8.97. The molecule has 0 bridgehead atoms. The highest BCUT2D eigenvalue weighted by Crippen LogP contribution is 2.29. The van der Waals surface area contributed by atoms with E-state index in [0.29, 0.717) is 25.0 Å². The molecule has 0 heterocycles. The van der Waals surface area contributed by atoms with Crippen LogP contribution in [-0.2, 0) is 0 Å². The Kier molecular flexibility index (Phi) is 3.47. The van der Waals surface area contributed by atoms with Gasteiger partial charge in [0.15, 0.2) is 17.5 Å². The van der Waals surface area contributed by atoms with Crippen molar-refractivity contribution in [3.05, 3.63) is 35.1 Å². The van der Waals surface area contributed by atoms with Crippen LogP contribution in [0, 0.1) is 28.8 Å². The lowest BCUT2D eigenvalue weighted by molar-refractivity contribution is 0.0919. The summed E-state index contributed by atoms with van der Waals surface area (Å²) < 4.78 is 38.8. The largest absolute Gasteiger partial charge is 0.334 e. The van der Waals surface area contributed by atoms with E-state index in [9.17, 15) is 18.0 Å². The third-order valence-electron chi connectivity index (χ3n) is 3.27. The minimum absolute atomic E-state index is 0.335. The minimum Gasteiger partial charge on any atom is -0.334 e. The second kappa shape index (κ2) is 4.92. The maximum atomic E-state index is 13.0. The molecule has 0 atom stereocenters. The first-order valence-electron chi connectivity index (χ1n) is 5.86. The summed E-state index contributed by atoms with van der Waals surface area (Å²) in [5.74, 6) is -5.25. The van der Waals surface area contributed by atoms with Crippen molar-refractivity contribution in [2.24, 2.45) is 0 Å². The molecule has 6 heteroatoms. The molecule has 0 saturated heterocycles. The number of carbonyl (C=O) groups excluding carboxylic acids is 1. The molecular formula is C13H11F3N2O. The topological polar surface area (TPSA) is 52.9 Å². The second-order valence-electron chi connectivity index (χ2n) is 4.61. The number of nitrogens with one attached hydrogen (secondary N) is 1. The molecule has 2 rings (SSSR count). The molecule has 0 spiro atoms. The molecule has 0 unspecified atom stereocenters. The van der Waals surface area contributed by atoms with E-state index in [-0.39, 0.29) is 5.56 Å². The Morgan fingerprint density at radius 1 is 1.21 bits per heavy atom. The summed E-state index contributed by atoms with van der Waals surface area (Å²) >= 11 is 0. The van der Waals surface area contributed by atoms with Gasteiger partial charge in [-0.3, -0.25) is 4.79 Å². The molecule has 1 N–H and O–H groups in total. The van der Waals surface area contributed by atoms with Crippen molar-refractivity contribution >= 4 is 5.91 Å². The Bertz CT molecular complexity index is 536. The number of hydrogen-bond donors (Lipinski definition) is 1. The lowest BCUT2D eigenvalue weighted by Crippen LogP contribution is -2.45. The summed E-state index contributed by atoms with van der Waals surface area (Å²) in [6.07, 6.45) is 2.61. The summed E-state index contributed by atoms with van der Waals surface area (Å²) in [6.45, 7) is 0. The van der Waals surface area contributed by atoms with Crippen molar-refractivity contribution in [2.45, 2.75) is 31.2 Å². The van der Waals surface area contributed by atoms with Crippen LogP contribution in [0.5, 0.6) is 0 Å². The first kappa shape index (κ1) is 13.4. The maximum absolute atomic E-state index is 13.0. The Morgan fingerprint density at radius 3 is 2.21 bits per heavy atom. The van der Waals surface area contributed by atoms with E-state index in [1.165, 1.54) is 0 Å². The van der Waals surface area contributed by atoms with E-state index in [0.717, 1.165) is 12.8 Å². The van der Waals surface area contributed by atoms with E-state index in [1.807, 2.05) is 6.07 Å². The molecule has 1 fully saturated rings. The zero-order valence-corrected chi connectivity index (χ0v) is 9.97. The number of benzene rings is 1. The van der Waals surface area contributed by atoms with Crippen molar-refractivity contribution in [1.82, 2.24) is 5.32 Å². The van der Waals surface area contributed by atoms with Gasteiger partial charge in [-0.15, -0.1) is 0 Å². The number of halogens is 3. The highest BCUT2D eigenvalue weighted by Gasteiger charge is 2.35. The average Bonchev–Trinajstić information content (AvgIpc) is 2.84. The molecule has 0 aromatic heterocycles. The van der Waals surface area contributed by atoms with E-state index in [4.69, 9.17) is 5.26 Å². The van der Waals surface area contributed by atoms with Crippen molar-refractivity contribution < 1.29 is 18.0 Å². The Labute approximate surface area is 108 Å². The van der Waals surface area contributed by atoms with Crippen molar-refractivity contribution in [3.8, 4) is 6.07 Å². The molecule has 0 radical (unpaired) electrons. The van der Waals surface area contributed by atoms with Gasteiger partial charge in [-0.25, -0.2) is 13.2 Å². The Morgan fingerprint density at radius 2 is 1.74 bits per heavy atom. The lowest BCUT2D eigenvalue weighted by atomic mass is 9.99. The summed E-state index contributed by atoms with van der Waals surface area (Å²) in [7, 11) is 0. The number of nitriles is 1. The SMILES string of the molecule is N#CC1(NC(=O)c2cc(F)c(F)c(F)c2)CCCC1. The highest BCUT2D eigenvalue weighted by atomic mass is 19.2. The molecule has 0 aliphatic heterocycles. The zero-order valence-electron chi connectivity index (χ0n) is 9.97. The first-order valence-corrected chi connectivity index (χ1v) is 5.86. The van der Waals surface area contributed by atoms with Crippen LogP contribution in [0.3, 0.4) is 0 Å². The number of amides is 1. The smallest absolute Gasteiger partial charge is 0.252 e. The third kappa shape index (κ3) is 2.55. The van der Waals surface area contributed by atoms with Crippen LogP contribution in [0.25, 0.3) is 0 Å². The molecule has 1 aromatic carbocycles. The Balaban J connectivity index is 2.23. The predicted octanol–water partition coefficient (Wildman–Crippen LogP) is 2.67. The van der Waals surface area contributed by atoms with Crippen LogP contribution >= 0.6 is 0 Å². The molecule has 19 heavy (non-hydrogen) atoms. The summed E-state index contributed by atoms with van der Waals surface area (Å²) in [5.41, 5.74) is -1.32. The molecule has 1 saturated carbocycles. The molecule has 100 valence electrons. The van der Waals surface area contributed by atoms with Gasteiger partial charge in [-0.2, -0.15) is 5.26 Å². The van der Waals surface area contributed by atoms with Gasteiger partial charge in [0.2, 0.25) is 0 Å². The van der Waals surface area contributed by atoms with Gasteiger partial charge >= 0.3 is 0 Å². The van der Waals surface area contributed by atoms with Gasteiger partial charge in [-0.05, 0) is 37.8 Å². The fraction of sp³-hybridized carbons (Fsp3) is 0.385. The van der Waals surface area contributed by atoms with E-state index in [2.05, 4.69) is 5.32 Å². The van der Waals surface area contributed by atoms with Crippen LogP contribution < -0.4 is 5.32 Å². The number of carbonyl (C=O) groups is 1. The van der Waals surface area contributed by atoms with Gasteiger partial charge in [-0.1, -0.05) is 0 Å². The standard InChI is InChI=1S/C13H11F3N2O/c14-9-5-8(6-10(15)11(9)16)12(19)18-13(7-17)3-1-2-4-13/h5-6H,1-4H2,(H,18,19). The molecule has 3 nitrogen and oxygen atoms in total. The lowest BCUT2D eigenvalue weighted by Gasteiger charge is -2.22. The van der Waals surface area contributed by atoms with E-state index >= 15 is 0 Å². The number of hydrogen-bond acceptors (Lipinski definition) is 2. The third-order valence-corrected chi connectivity index (χ3v) is 3.27. The quantitative estimate of drug-likeness (QED) is 0.838. The molecular weight excluding hydrogens is 257 g/mol. The van der Waals surface area contributed by atoms with Crippen molar-refractivity contribution in [1.29, 1.82) is 5.26 Å². The fourth-order valence-electron chi connectivity index (χ4n) is 2.22. The second-order valence-corrected chi connectivity index (χ2v) is 4.61. The molecule has 1 aliphatic rings. The van der Waals surface area contributed by atoms with Crippen LogP contribution in [0.2, 0.25) is 0 Å². The van der Waals surface area contributed by atoms with Crippen molar-refractivity contribution in [3.63, 3.8) is 0 Å². The maximum Gasteiger partial charge on any atom is 0.252 e. The van der Waals surface area contributed by atoms with E-state index in [1.54, 1.807) is 0 Å². The van der Waals surface area contributed by atoms with Crippen LogP contribution in [0.1, 0.15) is 36.0 Å². The number of nitrogens with zero attached hydrogens (tertiary/aromatic N) is 1. The predicted molar refractivity (Wildman–Crippen MR) is 60.6 cm³/mol. The van der Waals surface area contributed by atoms with Gasteiger partial charge < -0.3 is 5.32 Å². The summed E-state index contributed by atoms with van der Waals surface area (Å²) in [4.78, 5) is 11.9. The monoisotopic (exact) mass is 268 g/mol. The van der Waals surface area contributed by atoms with Crippen molar-refractivity contribution in [2.75, 3.05) is 0 Å². The number of rotatable bonds is 2. The average molecular weight is 268 g/mol. The summed E-state index contributed by atoms with van der Waals surface area (Å²) in [5, 5.41) is 11.6. The zero-order chi connectivity index (χ0) is 14.0. The summed E-state index contributed by atoms with van der Waals surface area (Å²) in [6, 6.07) is 3.26. The van der Waals surface area contributed by atoms with Gasteiger partial charge in [0.25, 0.3) is 5.91 Å². The van der Waals surface area contributed by atoms with E-state index < -0.39 is 28.9 Å². The van der Waals surface area contributed by atoms with Gasteiger partial charge in [0.1, 0.15) is 5.54 Å². The van der Waals surface area contributed by atoms with Crippen LogP contribution in [-0.4, -0.2) is 11.4 Å². The molecule has 1 aromatic rings. The van der Waals surface area contributed by atoms with Gasteiger partial charge in [0, 0.05) is 5.56 Å². The van der Waals surface area contributed by atoms with Crippen LogP contribution in [0.4, 0.5) is 13.2 Å². The van der Waals surface area contributed by atoms with Crippen LogP contribution in [0.15, 0.2) is 12.1 Å². The normalized spacial score (nSPS) is 16.9. The highest BCUT2D eigenvalue weighted by molar-refractivity contribution is 5.95. The minimum atomic E-state index is -1.62. The Hall–Kier alpha value is -2.03. The fourth-order valence-corrected chi connectivity index (χ4v) is 2.22.